The van der Waals surface area contributed by atoms with Crippen molar-refractivity contribution >= 4 is 35.0 Å². The van der Waals surface area contributed by atoms with Gasteiger partial charge >= 0.3 is 6.09 Å². The molecule has 2 N–H and O–H groups in total. The van der Waals surface area contributed by atoms with Crippen LogP contribution in [0.15, 0.2) is 12.1 Å². The number of anilines is 1. The van der Waals surface area contributed by atoms with Gasteiger partial charge in [0, 0.05) is 17.1 Å². The first-order valence-electron chi connectivity index (χ1n) is 7.86. The fourth-order valence-corrected chi connectivity index (χ4v) is 3.13. The summed E-state index contributed by atoms with van der Waals surface area (Å²) < 4.78 is 5.29. The van der Waals surface area contributed by atoms with Gasteiger partial charge in [0.05, 0.1) is 10.7 Å². The molecule has 0 bridgehead atoms. The third-order valence-corrected chi connectivity index (χ3v) is 4.48. The summed E-state index contributed by atoms with van der Waals surface area (Å²) in [6.07, 6.45) is 2.34. The van der Waals surface area contributed by atoms with Gasteiger partial charge in [0.2, 0.25) is 0 Å². The molecule has 0 radical (unpaired) electrons. The first kappa shape index (κ1) is 18.2. The zero-order valence-corrected chi connectivity index (χ0v) is 15.5. The molecule has 0 saturated heterocycles. The van der Waals surface area contributed by atoms with Crippen LogP contribution in [0.2, 0.25) is 10.0 Å². The van der Waals surface area contributed by atoms with Gasteiger partial charge in [0.25, 0.3) is 0 Å². The molecule has 2 atom stereocenters. The van der Waals surface area contributed by atoms with Crippen molar-refractivity contribution in [1.29, 1.82) is 0 Å². The molecule has 0 aliphatic heterocycles. The van der Waals surface area contributed by atoms with Crippen LogP contribution in [-0.2, 0) is 4.74 Å². The molecular formula is C17H24Cl2N2O2. The van der Waals surface area contributed by atoms with Crippen LogP contribution in [0.3, 0.4) is 0 Å². The predicted octanol–water partition coefficient (Wildman–Crippen LogP) is 5.16. The summed E-state index contributed by atoms with van der Waals surface area (Å²) in [6, 6.07) is 4.08. The molecule has 1 fully saturated rings. The van der Waals surface area contributed by atoms with E-state index in [2.05, 4.69) is 10.6 Å². The minimum atomic E-state index is -0.480. The molecule has 6 heteroatoms. The zero-order valence-electron chi connectivity index (χ0n) is 14.0. The number of benzene rings is 1. The lowest BCUT2D eigenvalue weighted by Gasteiger charge is -2.22. The average molecular weight is 359 g/mol. The number of amides is 1. The van der Waals surface area contributed by atoms with Crippen molar-refractivity contribution < 1.29 is 9.53 Å². The van der Waals surface area contributed by atoms with Gasteiger partial charge in [0.1, 0.15) is 5.60 Å². The molecule has 1 saturated carbocycles. The number of hydrogen-bond acceptors (Lipinski definition) is 3. The lowest BCUT2D eigenvalue weighted by molar-refractivity contribution is 0.0505. The van der Waals surface area contributed by atoms with Crippen molar-refractivity contribution in [3.05, 3.63) is 27.7 Å². The Balaban J connectivity index is 1.89. The van der Waals surface area contributed by atoms with Crippen LogP contribution < -0.4 is 10.6 Å². The monoisotopic (exact) mass is 358 g/mol. The maximum atomic E-state index is 11.8. The third-order valence-electron chi connectivity index (χ3n) is 3.76. The van der Waals surface area contributed by atoms with Gasteiger partial charge < -0.3 is 15.4 Å². The van der Waals surface area contributed by atoms with E-state index >= 15 is 0 Å². The minimum absolute atomic E-state index is 0.113. The van der Waals surface area contributed by atoms with E-state index in [1.165, 1.54) is 0 Å². The van der Waals surface area contributed by atoms with Gasteiger partial charge in [-0.05, 0) is 64.7 Å². The Morgan fingerprint density at radius 2 is 1.83 bits per heavy atom. The molecule has 1 aliphatic rings. The van der Waals surface area contributed by atoms with E-state index in [0.717, 1.165) is 30.5 Å². The molecule has 23 heavy (non-hydrogen) atoms. The van der Waals surface area contributed by atoms with Crippen LogP contribution in [0, 0.1) is 6.92 Å². The second-order valence-electron chi connectivity index (χ2n) is 7.08. The number of carbonyl (C=O) groups is 1. The van der Waals surface area contributed by atoms with Crippen LogP contribution >= 0.6 is 23.2 Å². The van der Waals surface area contributed by atoms with Crippen molar-refractivity contribution in [2.45, 2.75) is 64.6 Å². The van der Waals surface area contributed by atoms with Crippen LogP contribution in [0.4, 0.5) is 10.5 Å². The van der Waals surface area contributed by atoms with Crippen LogP contribution in [0.1, 0.15) is 45.6 Å². The van der Waals surface area contributed by atoms with E-state index in [0.29, 0.717) is 10.0 Å². The molecule has 0 spiro atoms. The second kappa shape index (κ2) is 7.18. The molecule has 1 amide bonds. The number of nitrogens with one attached hydrogen (secondary N) is 2. The van der Waals surface area contributed by atoms with Crippen LogP contribution in [0.25, 0.3) is 0 Å². The Morgan fingerprint density at radius 3 is 2.48 bits per heavy atom. The van der Waals surface area contributed by atoms with Gasteiger partial charge in [-0.15, -0.1) is 0 Å². The molecule has 1 aromatic rings. The van der Waals surface area contributed by atoms with Gasteiger partial charge in [-0.25, -0.2) is 4.79 Å². The molecule has 4 nitrogen and oxygen atoms in total. The minimum Gasteiger partial charge on any atom is -0.444 e. The van der Waals surface area contributed by atoms with E-state index in [9.17, 15) is 4.79 Å². The molecule has 0 heterocycles. The van der Waals surface area contributed by atoms with Crippen molar-refractivity contribution in [2.24, 2.45) is 0 Å². The standard InChI is InChI=1S/C17H24Cl2N2O2/c1-10-7-14(19)15(9-13(10)18)20-11-5-6-12(8-11)21-16(22)23-17(2,3)4/h7,9,11-12,20H,5-6,8H2,1-4H3,(H,21,22). The summed E-state index contributed by atoms with van der Waals surface area (Å²) in [5.41, 5.74) is 1.32. The van der Waals surface area contributed by atoms with Gasteiger partial charge in [0.15, 0.2) is 0 Å². The zero-order chi connectivity index (χ0) is 17.2. The van der Waals surface area contributed by atoms with Crippen molar-refractivity contribution in [2.75, 3.05) is 5.32 Å². The summed E-state index contributed by atoms with van der Waals surface area (Å²) in [4.78, 5) is 11.8. The molecule has 1 aromatic carbocycles. The summed E-state index contributed by atoms with van der Waals surface area (Å²) in [7, 11) is 0. The summed E-state index contributed by atoms with van der Waals surface area (Å²) in [6.45, 7) is 7.49. The summed E-state index contributed by atoms with van der Waals surface area (Å²) >= 11 is 12.4. The smallest absolute Gasteiger partial charge is 0.407 e. The van der Waals surface area contributed by atoms with Crippen molar-refractivity contribution in [1.82, 2.24) is 5.32 Å². The van der Waals surface area contributed by atoms with E-state index in [1.54, 1.807) is 0 Å². The van der Waals surface area contributed by atoms with Crippen molar-refractivity contribution in [3.63, 3.8) is 0 Å². The number of halogens is 2. The normalized spacial score (nSPS) is 21.1. The largest absolute Gasteiger partial charge is 0.444 e. The highest BCUT2D eigenvalue weighted by Gasteiger charge is 2.28. The molecule has 128 valence electrons. The van der Waals surface area contributed by atoms with Gasteiger partial charge in [-0.3, -0.25) is 0 Å². The molecule has 0 aromatic heterocycles. The summed E-state index contributed by atoms with van der Waals surface area (Å²) in [5.74, 6) is 0. The van der Waals surface area contributed by atoms with E-state index in [-0.39, 0.29) is 18.2 Å². The number of rotatable bonds is 3. The van der Waals surface area contributed by atoms with Gasteiger partial charge in [-0.2, -0.15) is 0 Å². The van der Waals surface area contributed by atoms with Gasteiger partial charge in [-0.1, -0.05) is 23.2 Å². The van der Waals surface area contributed by atoms with E-state index in [1.807, 2.05) is 39.8 Å². The maximum absolute atomic E-state index is 11.8. The summed E-state index contributed by atoms with van der Waals surface area (Å²) in [5, 5.41) is 7.70. The Bertz CT molecular complexity index is 585. The lowest BCUT2D eigenvalue weighted by atomic mass is 10.2. The lowest BCUT2D eigenvalue weighted by Crippen LogP contribution is -2.38. The number of carbonyl (C=O) groups excluding carboxylic acids is 1. The second-order valence-corrected chi connectivity index (χ2v) is 7.89. The van der Waals surface area contributed by atoms with Crippen molar-refractivity contribution in [3.8, 4) is 0 Å². The van der Waals surface area contributed by atoms with E-state index < -0.39 is 5.60 Å². The SMILES string of the molecule is Cc1cc(Cl)c(NC2CCC(NC(=O)OC(C)(C)C)C2)cc1Cl. The Labute approximate surface area is 147 Å². The topological polar surface area (TPSA) is 50.4 Å². The fraction of sp³-hybridized carbons (Fsp3) is 0.588. The fourth-order valence-electron chi connectivity index (χ4n) is 2.69. The number of hydrogen-bond donors (Lipinski definition) is 2. The first-order chi connectivity index (χ1) is 10.6. The Hall–Kier alpha value is -1.13. The Kier molecular flexibility index (Phi) is 5.69. The molecule has 2 unspecified atom stereocenters. The highest BCUT2D eigenvalue weighted by Crippen LogP contribution is 2.31. The number of aryl methyl sites for hydroxylation is 1. The third kappa shape index (κ3) is 5.47. The Morgan fingerprint density at radius 1 is 1.17 bits per heavy atom. The highest BCUT2D eigenvalue weighted by molar-refractivity contribution is 6.35. The average Bonchev–Trinajstić information content (AvgIpc) is 2.80. The number of alkyl carbamates (subject to hydrolysis) is 1. The first-order valence-corrected chi connectivity index (χ1v) is 8.61. The molecular weight excluding hydrogens is 335 g/mol. The molecule has 1 aliphatic carbocycles. The van der Waals surface area contributed by atoms with Crippen LogP contribution in [0.5, 0.6) is 0 Å². The quantitative estimate of drug-likeness (QED) is 0.784. The highest BCUT2D eigenvalue weighted by atomic mass is 35.5. The maximum Gasteiger partial charge on any atom is 0.407 e. The number of ether oxygens (including phenoxy) is 1. The predicted molar refractivity (Wildman–Crippen MR) is 95.6 cm³/mol. The van der Waals surface area contributed by atoms with Crippen LogP contribution in [-0.4, -0.2) is 23.8 Å². The molecule has 2 rings (SSSR count). The van der Waals surface area contributed by atoms with E-state index in [4.69, 9.17) is 27.9 Å².